The molecule has 1 aliphatic rings. The van der Waals surface area contributed by atoms with Crippen molar-refractivity contribution < 1.29 is 9.59 Å². The molecule has 19 heavy (non-hydrogen) atoms. The minimum atomic E-state index is -0.707. The van der Waals surface area contributed by atoms with E-state index in [9.17, 15) is 9.59 Å². The molecule has 0 bridgehead atoms. The van der Waals surface area contributed by atoms with E-state index >= 15 is 0 Å². The number of carbonyl (C=O) groups excluding carboxylic acids is 2. The predicted octanol–water partition coefficient (Wildman–Crippen LogP) is 0.296. The van der Waals surface area contributed by atoms with Crippen molar-refractivity contribution >= 4 is 11.9 Å². The number of carbonyl (C=O) groups is 2. The summed E-state index contributed by atoms with van der Waals surface area (Å²) in [6.45, 7) is 3.82. The minimum absolute atomic E-state index is 0.0199. The van der Waals surface area contributed by atoms with Crippen LogP contribution in [0.15, 0.2) is 0 Å². The molecule has 0 heterocycles. The average molecular weight is 270 g/mol. The second kappa shape index (κ2) is 7.33. The largest absolute Gasteiger partial charge is 0.342 e. The summed E-state index contributed by atoms with van der Waals surface area (Å²) in [6, 6.07) is -0.250. The van der Waals surface area contributed by atoms with E-state index in [1.165, 1.54) is 0 Å². The molecule has 0 atom stereocenters. The first-order valence-corrected chi connectivity index (χ1v) is 7.02. The van der Waals surface area contributed by atoms with E-state index in [1.54, 1.807) is 11.9 Å². The summed E-state index contributed by atoms with van der Waals surface area (Å²) in [7, 11) is 3.65. The van der Waals surface area contributed by atoms with Gasteiger partial charge in [-0.1, -0.05) is 12.8 Å². The van der Waals surface area contributed by atoms with E-state index < -0.39 is 5.54 Å². The van der Waals surface area contributed by atoms with Gasteiger partial charge in [0.05, 0.1) is 0 Å². The van der Waals surface area contributed by atoms with Gasteiger partial charge in [-0.3, -0.25) is 4.79 Å². The molecule has 3 amide bonds. The van der Waals surface area contributed by atoms with Crippen LogP contribution in [0.2, 0.25) is 0 Å². The third-order valence-corrected chi connectivity index (χ3v) is 3.60. The number of hydrogen-bond acceptors (Lipinski definition) is 3. The van der Waals surface area contributed by atoms with Crippen molar-refractivity contribution in [3.05, 3.63) is 0 Å². The number of nitrogens with zero attached hydrogens (tertiary/aromatic N) is 1. The number of hydrogen-bond donors (Lipinski definition) is 3. The van der Waals surface area contributed by atoms with Crippen LogP contribution < -0.4 is 16.0 Å². The van der Waals surface area contributed by atoms with Gasteiger partial charge in [-0.2, -0.15) is 0 Å². The molecule has 6 heteroatoms. The van der Waals surface area contributed by atoms with E-state index in [-0.39, 0.29) is 11.9 Å². The van der Waals surface area contributed by atoms with Gasteiger partial charge >= 0.3 is 6.03 Å². The van der Waals surface area contributed by atoms with E-state index in [4.69, 9.17) is 0 Å². The van der Waals surface area contributed by atoms with Crippen molar-refractivity contribution in [1.82, 2.24) is 20.9 Å². The van der Waals surface area contributed by atoms with Crippen LogP contribution in [0.5, 0.6) is 0 Å². The summed E-state index contributed by atoms with van der Waals surface area (Å²) in [5.74, 6) is 0.0199. The average Bonchev–Trinajstić information content (AvgIpc) is 2.84. The Morgan fingerprint density at radius 1 is 1.26 bits per heavy atom. The summed E-state index contributed by atoms with van der Waals surface area (Å²) in [4.78, 5) is 26.0. The van der Waals surface area contributed by atoms with Crippen LogP contribution in [-0.4, -0.2) is 56.1 Å². The van der Waals surface area contributed by atoms with Gasteiger partial charge in [0, 0.05) is 26.7 Å². The van der Waals surface area contributed by atoms with Gasteiger partial charge in [-0.05, 0) is 26.8 Å². The van der Waals surface area contributed by atoms with Crippen LogP contribution in [0, 0.1) is 0 Å². The second-order valence-electron chi connectivity index (χ2n) is 5.10. The monoisotopic (exact) mass is 270 g/mol. The van der Waals surface area contributed by atoms with Gasteiger partial charge in [0.15, 0.2) is 0 Å². The Morgan fingerprint density at radius 3 is 2.42 bits per heavy atom. The first-order valence-electron chi connectivity index (χ1n) is 7.02. The van der Waals surface area contributed by atoms with Crippen LogP contribution in [0.25, 0.3) is 0 Å². The second-order valence-corrected chi connectivity index (χ2v) is 5.10. The SMILES string of the molecule is CCNC(=O)NC1(C(=O)N(C)CCNC)CCCC1. The fourth-order valence-electron chi connectivity index (χ4n) is 2.54. The Bertz CT molecular complexity index is 314. The third kappa shape index (κ3) is 4.09. The number of rotatable bonds is 6. The molecule has 0 aliphatic heterocycles. The Balaban J connectivity index is 2.69. The van der Waals surface area contributed by atoms with E-state index in [2.05, 4.69) is 16.0 Å². The minimum Gasteiger partial charge on any atom is -0.342 e. The quantitative estimate of drug-likeness (QED) is 0.650. The maximum atomic E-state index is 12.6. The molecule has 1 saturated carbocycles. The molecule has 0 aromatic carbocycles. The van der Waals surface area contributed by atoms with Crippen molar-refractivity contribution in [3.63, 3.8) is 0 Å². The normalized spacial score (nSPS) is 17.0. The highest BCUT2D eigenvalue weighted by atomic mass is 16.2. The molecule has 0 aromatic heterocycles. The zero-order chi connectivity index (χ0) is 14.3. The van der Waals surface area contributed by atoms with Crippen LogP contribution >= 0.6 is 0 Å². The van der Waals surface area contributed by atoms with E-state index in [0.717, 1.165) is 32.2 Å². The number of likely N-dealkylation sites (N-methyl/N-ethyl adjacent to an activating group) is 2. The summed E-state index contributed by atoms with van der Waals surface area (Å²) in [5.41, 5.74) is -0.707. The summed E-state index contributed by atoms with van der Waals surface area (Å²) < 4.78 is 0. The fraction of sp³-hybridized carbons (Fsp3) is 0.846. The smallest absolute Gasteiger partial charge is 0.315 e. The van der Waals surface area contributed by atoms with Gasteiger partial charge in [-0.25, -0.2) is 4.79 Å². The molecule has 3 N–H and O–H groups in total. The highest BCUT2D eigenvalue weighted by Gasteiger charge is 2.43. The van der Waals surface area contributed by atoms with Gasteiger partial charge in [0.1, 0.15) is 5.54 Å². The van der Waals surface area contributed by atoms with Crippen LogP contribution in [0.4, 0.5) is 4.79 Å². The van der Waals surface area contributed by atoms with Crippen LogP contribution in [-0.2, 0) is 4.79 Å². The van der Waals surface area contributed by atoms with Crippen molar-refractivity contribution in [3.8, 4) is 0 Å². The molecule has 1 aliphatic carbocycles. The van der Waals surface area contributed by atoms with Gasteiger partial charge in [0.2, 0.25) is 5.91 Å². The Labute approximate surface area is 115 Å². The van der Waals surface area contributed by atoms with Crippen molar-refractivity contribution in [2.45, 2.75) is 38.1 Å². The molecule has 0 saturated heterocycles. The fourth-order valence-corrected chi connectivity index (χ4v) is 2.54. The zero-order valence-corrected chi connectivity index (χ0v) is 12.2. The van der Waals surface area contributed by atoms with Crippen molar-refractivity contribution in [1.29, 1.82) is 0 Å². The molecular formula is C13H26N4O2. The lowest BCUT2D eigenvalue weighted by molar-refractivity contribution is -0.136. The zero-order valence-electron chi connectivity index (χ0n) is 12.2. The lowest BCUT2D eigenvalue weighted by Gasteiger charge is -2.33. The molecule has 0 unspecified atom stereocenters. The third-order valence-electron chi connectivity index (χ3n) is 3.60. The first-order chi connectivity index (χ1) is 9.05. The summed E-state index contributed by atoms with van der Waals surface area (Å²) >= 11 is 0. The first kappa shape index (κ1) is 15.8. The predicted molar refractivity (Wildman–Crippen MR) is 75.0 cm³/mol. The summed E-state index contributed by atoms with van der Waals surface area (Å²) in [5, 5.41) is 8.61. The van der Waals surface area contributed by atoms with E-state index in [0.29, 0.717) is 13.1 Å². The number of urea groups is 1. The lowest BCUT2D eigenvalue weighted by atomic mass is 9.95. The molecule has 1 rings (SSSR count). The molecule has 0 aromatic rings. The van der Waals surface area contributed by atoms with Crippen LogP contribution in [0.1, 0.15) is 32.6 Å². The number of nitrogens with one attached hydrogen (secondary N) is 3. The van der Waals surface area contributed by atoms with Gasteiger partial charge in [-0.15, -0.1) is 0 Å². The maximum absolute atomic E-state index is 12.6. The summed E-state index contributed by atoms with van der Waals surface area (Å²) in [6.07, 6.45) is 3.43. The number of amides is 3. The van der Waals surface area contributed by atoms with Crippen LogP contribution in [0.3, 0.4) is 0 Å². The maximum Gasteiger partial charge on any atom is 0.315 e. The Hall–Kier alpha value is -1.30. The topological polar surface area (TPSA) is 73.5 Å². The molecule has 0 spiro atoms. The van der Waals surface area contributed by atoms with Crippen molar-refractivity contribution in [2.75, 3.05) is 33.7 Å². The van der Waals surface area contributed by atoms with Gasteiger partial charge < -0.3 is 20.9 Å². The Morgan fingerprint density at radius 2 is 1.89 bits per heavy atom. The lowest BCUT2D eigenvalue weighted by Crippen LogP contribution is -2.59. The molecule has 1 fully saturated rings. The standard InChI is InChI=1S/C13H26N4O2/c1-4-15-12(19)16-13(7-5-6-8-13)11(18)17(3)10-9-14-2/h14H,4-10H2,1-3H3,(H2,15,16,19). The van der Waals surface area contributed by atoms with Crippen molar-refractivity contribution in [2.24, 2.45) is 0 Å². The molecule has 110 valence electrons. The van der Waals surface area contributed by atoms with Gasteiger partial charge in [0.25, 0.3) is 0 Å². The highest BCUT2D eigenvalue weighted by Crippen LogP contribution is 2.31. The van der Waals surface area contributed by atoms with E-state index in [1.807, 2.05) is 14.0 Å². The molecule has 0 radical (unpaired) electrons. The molecular weight excluding hydrogens is 244 g/mol. The Kier molecular flexibility index (Phi) is 6.08. The molecule has 6 nitrogen and oxygen atoms in total. The highest BCUT2D eigenvalue weighted by molar-refractivity contribution is 5.91.